The number of nitrogens with zero attached hydrogens (tertiary/aromatic N) is 2. The number of hydrogen-bond acceptors (Lipinski definition) is 5. The number of aromatic amines is 1. The first-order valence-electron chi connectivity index (χ1n) is 6.04. The minimum absolute atomic E-state index is 0.312. The molecule has 2 N–H and O–H groups in total. The molecule has 2 aromatic rings. The topological polar surface area (TPSA) is 72.1 Å². The Bertz CT molecular complexity index is 560. The molecule has 6 nitrogen and oxygen atoms in total. The summed E-state index contributed by atoms with van der Waals surface area (Å²) in [6.45, 7) is 1.05. The zero-order chi connectivity index (χ0) is 12.5. The van der Waals surface area contributed by atoms with Gasteiger partial charge < -0.3 is 19.8 Å². The van der Waals surface area contributed by atoms with Crippen molar-refractivity contribution in [1.82, 2.24) is 20.3 Å². The molecule has 1 fully saturated rings. The number of methoxy groups -OCH3 is 2. The van der Waals surface area contributed by atoms with Crippen molar-refractivity contribution in [3.05, 3.63) is 11.8 Å². The number of rotatable bonds is 3. The zero-order valence-corrected chi connectivity index (χ0v) is 10.5. The molecule has 1 atom stereocenters. The number of hydrogen-bond donors (Lipinski definition) is 2. The third-order valence-corrected chi connectivity index (χ3v) is 3.32. The molecule has 3 heterocycles. The monoisotopic (exact) mass is 248 g/mol. The summed E-state index contributed by atoms with van der Waals surface area (Å²) in [6, 6.07) is 0.664. The van der Waals surface area contributed by atoms with Crippen LogP contribution in [0.2, 0.25) is 0 Å². The van der Waals surface area contributed by atoms with E-state index in [1.165, 1.54) is 12.0 Å². The van der Waals surface area contributed by atoms with Gasteiger partial charge in [-0.05, 0) is 19.4 Å². The van der Waals surface area contributed by atoms with Gasteiger partial charge in [0.1, 0.15) is 5.65 Å². The molecular formula is C12H16N4O2. The van der Waals surface area contributed by atoms with Crippen molar-refractivity contribution in [2.45, 2.75) is 18.9 Å². The number of ether oxygens (including phenoxy) is 2. The Balaban J connectivity index is 2.16. The second-order valence-electron chi connectivity index (χ2n) is 4.34. The average Bonchev–Trinajstić information content (AvgIpc) is 3.05. The molecule has 0 bridgehead atoms. The smallest absolute Gasteiger partial charge is 0.321 e. The van der Waals surface area contributed by atoms with E-state index in [9.17, 15) is 0 Å². The molecule has 2 aromatic heterocycles. The Morgan fingerprint density at radius 2 is 2.17 bits per heavy atom. The van der Waals surface area contributed by atoms with Crippen molar-refractivity contribution < 1.29 is 9.47 Å². The highest BCUT2D eigenvalue weighted by atomic mass is 16.5. The Hall–Kier alpha value is -1.82. The van der Waals surface area contributed by atoms with E-state index in [0.717, 1.165) is 24.0 Å². The van der Waals surface area contributed by atoms with Gasteiger partial charge in [0.05, 0.1) is 19.6 Å². The highest BCUT2D eigenvalue weighted by molar-refractivity contribution is 5.85. The molecule has 0 saturated carbocycles. The van der Waals surface area contributed by atoms with Crippen LogP contribution in [-0.4, -0.2) is 35.7 Å². The minimum atomic E-state index is 0.312. The van der Waals surface area contributed by atoms with Crippen molar-refractivity contribution in [3.63, 3.8) is 0 Å². The van der Waals surface area contributed by atoms with E-state index in [1.807, 2.05) is 6.20 Å². The van der Waals surface area contributed by atoms with Crippen molar-refractivity contribution in [3.8, 4) is 11.9 Å². The highest BCUT2D eigenvalue weighted by Gasteiger charge is 2.23. The van der Waals surface area contributed by atoms with E-state index in [1.54, 1.807) is 14.2 Å². The maximum absolute atomic E-state index is 5.35. The van der Waals surface area contributed by atoms with Crippen molar-refractivity contribution in [2.24, 2.45) is 0 Å². The van der Waals surface area contributed by atoms with Crippen LogP contribution >= 0.6 is 0 Å². The number of H-pyrrole nitrogens is 1. The maximum atomic E-state index is 5.35. The van der Waals surface area contributed by atoms with E-state index in [-0.39, 0.29) is 0 Å². The summed E-state index contributed by atoms with van der Waals surface area (Å²) in [6.07, 6.45) is 4.29. The molecular weight excluding hydrogens is 232 g/mol. The Kier molecular flexibility index (Phi) is 2.79. The van der Waals surface area contributed by atoms with E-state index in [4.69, 9.17) is 9.47 Å². The van der Waals surface area contributed by atoms with Crippen LogP contribution in [-0.2, 0) is 0 Å². The van der Waals surface area contributed by atoms with Gasteiger partial charge in [-0.15, -0.1) is 0 Å². The van der Waals surface area contributed by atoms with Crippen LogP contribution in [0, 0.1) is 0 Å². The predicted molar refractivity (Wildman–Crippen MR) is 67.0 cm³/mol. The van der Waals surface area contributed by atoms with Gasteiger partial charge >= 0.3 is 6.01 Å². The van der Waals surface area contributed by atoms with Gasteiger partial charge in [-0.2, -0.15) is 9.97 Å². The number of nitrogens with one attached hydrogen (secondary N) is 2. The predicted octanol–water partition coefficient (Wildman–Crippen LogP) is 1.40. The summed E-state index contributed by atoms with van der Waals surface area (Å²) in [5.74, 6) is 0.557. The van der Waals surface area contributed by atoms with Crippen LogP contribution in [0.1, 0.15) is 24.4 Å². The van der Waals surface area contributed by atoms with Crippen molar-refractivity contribution in [1.29, 1.82) is 0 Å². The van der Waals surface area contributed by atoms with Crippen molar-refractivity contribution in [2.75, 3.05) is 20.8 Å². The normalized spacial score (nSPS) is 19.3. The largest absolute Gasteiger partial charge is 0.480 e. The second kappa shape index (κ2) is 4.45. The van der Waals surface area contributed by atoms with Crippen molar-refractivity contribution >= 4 is 11.0 Å². The first-order valence-corrected chi connectivity index (χ1v) is 6.04. The van der Waals surface area contributed by atoms with E-state index >= 15 is 0 Å². The zero-order valence-electron chi connectivity index (χ0n) is 10.5. The Morgan fingerprint density at radius 3 is 2.83 bits per heavy atom. The Labute approximate surface area is 105 Å². The molecule has 6 heteroatoms. The summed E-state index contributed by atoms with van der Waals surface area (Å²) < 4.78 is 10.4. The van der Waals surface area contributed by atoms with Crippen LogP contribution < -0.4 is 14.8 Å². The molecule has 0 amide bonds. The van der Waals surface area contributed by atoms with Crippen LogP contribution in [0.4, 0.5) is 0 Å². The van der Waals surface area contributed by atoms with Crippen LogP contribution in [0.25, 0.3) is 11.0 Å². The molecule has 0 aliphatic carbocycles. The first-order chi connectivity index (χ1) is 8.83. The molecule has 18 heavy (non-hydrogen) atoms. The molecule has 1 aliphatic heterocycles. The average molecular weight is 248 g/mol. The summed E-state index contributed by atoms with van der Waals surface area (Å²) in [4.78, 5) is 11.7. The molecule has 0 radical (unpaired) electrons. The molecule has 1 saturated heterocycles. The highest BCUT2D eigenvalue weighted by Crippen LogP contribution is 2.34. The molecule has 1 unspecified atom stereocenters. The SMILES string of the molecule is COc1nc(OC)c2c(C3CCCN3)c[nH]c2n1. The van der Waals surface area contributed by atoms with E-state index < -0.39 is 0 Å². The van der Waals surface area contributed by atoms with Crippen LogP contribution in [0.3, 0.4) is 0 Å². The van der Waals surface area contributed by atoms with E-state index in [2.05, 4.69) is 20.3 Å². The second-order valence-corrected chi connectivity index (χ2v) is 4.34. The van der Waals surface area contributed by atoms with Gasteiger partial charge in [0, 0.05) is 17.8 Å². The van der Waals surface area contributed by atoms with E-state index in [0.29, 0.717) is 17.9 Å². The summed E-state index contributed by atoms with van der Waals surface area (Å²) in [5.41, 5.74) is 1.92. The quantitative estimate of drug-likeness (QED) is 0.859. The number of fused-ring (bicyclic) bond motifs is 1. The van der Waals surface area contributed by atoms with Gasteiger partial charge in [0.25, 0.3) is 0 Å². The summed E-state index contributed by atoms with van der Waals surface area (Å²) >= 11 is 0. The lowest BCUT2D eigenvalue weighted by molar-refractivity contribution is 0.356. The molecule has 1 aliphatic rings. The van der Waals surface area contributed by atoms with Gasteiger partial charge in [-0.1, -0.05) is 0 Å². The lowest BCUT2D eigenvalue weighted by Gasteiger charge is -2.10. The fourth-order valence-corrected chi connectivity index (χ4v) is 2.47. The fraction of sp³-hybridized carbons (Fsp3) is 0.500. The maximum Gasteiger partial charge on any atom is 0.321 e. The lowest BCUT2D eigenvalue weighted by atomic mass is 10.1. The Morgan fingerprint density at radius 1 is 1.28 bits per heavy atom. The summed E-state index contributed by atoms with van der Waals surface area (Å²) in [7, 11) is 3.16. The molecule has 0 aromatic carbocycles. The van der Waals surface area contributed by atoms with Gasteiger partial charge in [-0.25, -0.2) is 0 Å². The lowest BCUT2D eigenvalue weighted by Crippen LogP contribution is -2.12. The standard InChI is InChI=1S/C12H16N4O2/c1-17-11-9-7(8-4-3-5-13-8)6-14-10(9)15-12(16-11)18-2/h6,8,13H,3-5H2,1-2H3,(H,14,15,16). The fourth-order valence-electron chi connectivity index (χ4n) is 2.47. The van der Waals surface area contributed by atoms with Gasteiger partial charge in [0.2, 0.25) is 5.88 Å². The summed E-state index contributed by atoms with van der Waals surface area (Å²) in [5, 5.41) is 4.41. The molecule has 96 valence electrons. The molecule has 3 rings (SSSR count). The third-order valence-electron chi connectivity index (χ3n) is 3.32. The van der Waals surface area contributed by atoms with Gasteiger partial charge in [-0.3, -0.25) is 0 Å². The molecule has 0 spiro atoms. The van der Waals surface area contributed by atoms with Crippen LogP contribution in [0.5, 0.6) is 11.9 Å². The first kappa shape index (κ1) is 11.3. The minimum Gasteiger partial charge on any atom is -0.480 e. The van der Waals surface area contributed by atoms with Gasteiger partial charge in [0.15, 0.2) is 0 Å². The van der Waals surface area contributed by atoms with Crippen LogP contribution in [0.15, 0.2) is 6.20 Å². The number of aromatic nitrogens is 3. The third kappa shape index (κ3) is 1.69.